The molecule has 0 saturated heterocycles. The lowest BCUT2D eigenvalue weighted by Gasteiger charge is -2.04. The maximum Gasteiger partial charge on any atom is 0.285 e. The zero-order valence-corrected chi connectivity index (χ0v) is 8.87. The van der Waals surface area contributed by atoms with Gasteiger partial charge >= 0.3 is 0 Å². The normalized spacial score (nSPS) is 9.57. The fraction of sp³-hybridized carbons (Fsp3) is 0.125. The van der Waals surface area contributed by atoms with Crippen molar-refractivity contribution in [3.63, 3.8) is 0 Å². The van der Waals surface area contributed by atoms with Crippen LogP contribution < -0.4 is 5.32 Å². The van der Waals surface area contributed by atoms with Gasteiger partial charge in [0.25, 0.3) is 5.69 Å². The Labute approximate surface area is 88.4 Å². The van der Waals surface area contributed by atoms with Crippen LogP contribution in [0.25, 0.3) is 0 Å². The van der Waals surface area contributed by atoms with Gasteiger partial charge < -0.3 is 5.32 Å². The molecule has 0 heterocycles. The lowest BCUT2D eigenvalue weighted by atomic mass is 10.2. The van der Waals surface area contributed by atoms with Crippen LogP contribution in [0.4, 0.5) is 11.4 Å². The van der Waals surface area contributed by atoms with Crippen molar-refractivity contribution in [2.24, 2.45) is 0 Å². The summed E-state index contributed by atoms with van der Waals surface area (Å²) in [6, 6.07) is 2.90. The Balaban J connectivity index is 3.26. The molecule has 1 amide bonds. The molecule has 0 aliphatic heterocycles. The molecule has 74 valence electrons. The molecule has 0 unspecified atom stereocenters. The Bertz CT molecular complexity index is 392. The minimum atomic E-state index is -0.514. The molecule has 5 nitrogen and oxygen atoms in total. The highest BCUT2D eigenvalue weighted by molar-refractivity contribution is 9.10. The minimum Gasteiger partial charge on any atom is -0.328 e. The lowest BCUT2D eigenvalue weighted by Crippen LogP contribution is -1.98. The molecular weight excluding hydrogens is 252 g/mol. The Morgan fingerprint density at radius 3 is 2.71 bits per heavy atom. The third-order valence-electron chi connectivity index (χ3n) is 1.70. The lowest BCUT2D eigenvalue weighted by molar-refractivity contribution is -0.385. The molecule has 0 bridgehead atoms. The topological polar surface area (TPSA) is 72.2 Å². The van der Waals surface area contributed by atoms with E-state index in [2.05, 4.69) is 21.2 Å². The number of hydrogen-bond donors (Lipinski definition) is 1. The zero-order chi connectivity index (χ0) is 10.7. The first-order chi connectivity index (χ1) is 6.56. The van der Waals surface area contributed by atoms with Crippen molar-refractivity contribution in [1.82, 2.24) is 0 Å². The van der Waals surface area contributed by atoms with Crippen molar-refractivity contribution in [2.75, 3.05) is 5.32 Å². The quantitative estimate of drug-likeness (QED) is 0.514. The monoisotopic (exact) mass is 258 g/mol. The number of carbonyl (C=O) groups is 1. The van der Waals surface area contributed by atoms with Gasteiger partial charge in [0.1, 0.15) is 0 Å². The number of aryl methyl sites for hydroxylation is 1. The maximum absolute atomic E-state index is 10.5. The van der Waals surface area contributed by atoms with E-state index in [4.69, 9.17) is 0 Å². The Kier molecular flexibility index (Phi) is 3.19. The Morgan fingerprint density at radius 2 is 2.21 bits per heavy atom. The van der Waals surface area contributed by atoms with E-state index in [0.717, 1.165) is 5.56 Å². The first-order valence-electron chi connectivity index (χ1n) is 3.71. The molecule has 0 atom stereocenters. The fourth-order valence-electron chi connectivity index (χ4n) is 1.02. The zero-order valence-electron chi connectivity index (χ0n) is 7.28. The number of hydrogen-bond acceptors (Lipinski definition) is 3. The van der Waals surface area contributed by atoms with Gasteiger partial charge in [0.15, 0.2) is 0 Å². The van der Waals surface area contributed by atoms with E-state index in [-0.39, 0.29) is 5.69 Å². The van der Waals surface area contributed by atoms with Crippen molar-refractivity contribution in [3.05, 3.63) is 32.3 Å². The van der Waals surface area contributed by atoms with Gasteiger partial charge in [-0.15, -0.1) is 0 Å². The van der Waals surface area contributed by atoms with E-state index >= 15 is 0 Å². The fourth-order valence-corrected chi connectivity index (χ4v) is 1.62. The molecule has 1 N–H and O–H groups in total. The number of nitro benzene ring substituents is 1. The van der Waals surface area contributed by atoms with E-state index in [1.807, 2.05) is 0 Å². The van der Waals surface area contributed by atoms with Crippen LogP contribution in [0.3, 0.4) is 0 Å². The van der Waals surface area contributed by atoms with Gasteiger partial charge in [0.2, 0.25) is 6.41 Å². The van der Waals surface area contributed by atoms with Crippen LogP contribution in [0.15, 0.2) is 16.6 Å². The average Bonchev–Trinajstić information content (AvgIpc) is 2.09. The van der Waals surface area contributed by atoms with E-state index < -0.39 is 4.92 Å². The van der Waals surface area contributed by atoms with E-state index in [1.165, 1.54) is 6.07 Å². The predicted octanol–water partition coefficient (Wildman–Crippen LogP) is 2.23. The number of nitrogens with one attached hydrogen (secondary N) is 1. The SMILES string of the molecule is Cc1cc(Br)c([N+](=O)[O-])cc1NC=O. The highest BCUT2D eigenvalue weighted by Crippen LogP contribution is 2.30. The molecule has 0 aliphatic carbocycles. The summed E-state index contributed by atoms with van der Waals surface area (Å²) < 4.78 is 0.399. The van der Waals surface area contributed by atoms with Gasteiger partial charge in [0.05, 0.1) is 15.1 Å². The third kappa shape index (κ3) is 2.08. The van der Waals surface area contributed by atoms with Gasteiger partial charge in [0, 0.05) is 6.07 Å². The first kappa shape index (κ1) is 10.6. The summed E-state index contributed by atoms with van der Waals surface area (Å²) in [5, 5.41) is 12.9. The standard InChI is InChI=1S/C8H7BrN2O3/c1-5-2-6(9)8(11(13)14)3-7(5)10-4-12/h2-4H,1H3,(H,10,12). The molecule has 1 aromatic carbocycles. The van der Waals surface area contributed by atoms with E-state index in [0.29, 0.717) is 16.6 Å². The Morgan fingerprint density at radius 1 is 1.57 bits per heavy atom. The number of nitro groups is 1. The van der Waals surface area contributed by atoms with E-state index in [9.17, 15) is 14.9 Å². The van der Waals surface area contributed by atoms with Crippen LogP contribution in [0.1, 0.15) is 5.56 Å². The van der Waals surface area contributed by atoms with Crippen LogP contribution in [0, 0.1) is 17.0 Å². The van der Waals surface area contributed by atoms with Crippen LogP contribution in [0.5, 0.6) is 0 Å². The summed E-state index contributed by atoms with van der Waals surface area (Å²) in [6.45, 7) is 1.75. The number of carbonyl (C=O) groups excluding carboxylic acids is 1. The smallest absolute Gasteiger partial charge is 0.285 e. The number of anilines is 1. The van der Waals surface area contributed by atoms with Crippen LogP contribution in [-0.2, 0) is 4.79 Å². The largest absolute Gasteiger partial charge is 0.328 e. The summed E-state index contributed by atoms with van der Waals surface area (Å²) in [6.07, 6.45) is 0.486. The van der Waals surface area contributed by atoms with Crippen molar-refractivity contribution in [2.45, 2.75) is 6.92 Å². The van der Waals surface area contributed by atoms with Gasteiger partial charge in [-0.3, -0.25) is 14.9 Å². The molecule has 0 aliphatic rings. The summed E-state index contributed by atoms with van der Waals surface area (Å²) in [7, 11) is 0. The molecule has 0 radical (unpaired) electrons. The van der Waals surface area contributed by atoms with E-state index in [1.54, 1.807) is 13.0 Å². The minimum absolute atomic E-state index is 0.0695. The molecule has 0 spiro atoms. The molecule has 0 fully saturated rings. The van der Waals surface area contributed by atoms with Gasteiger partial charge in [-0.2, -0.15) is 0 Å². The predicted molar refractivity (Wildman–Crippen MR) is 55.2 cm³/mol. The van der Waals surface area contributed by atoms with Crippen LogP contribution in [-0.4, -0.2) is 11.3 Å². The summed E-state index contributed by atoms with van der Waals surface area (Å²) >= 11 is 3.08. The molecule has 14 heavy (non-hydrogen) atoms. The molecule has 0 aromatic heterocycles. The second-order valence-corrected chi connectivity index (χ2v) is 3.49. The second-order valence-electron chi connectivity index (χ2n) is 2.64. The first-order valence-corrected chi connectivity index (χ1v) is 4.50. The number of halogens is 1. The van der Waals surface area contributed by atoms with Crippen molar-refractivity contribution in [1.29, 1.82) is 0 Å². The maximum atomic E-state index is 10.5. The van der Waals surface area contributed by atoms with Crippen molar-refractivity contribution >= 4 is 33.7 Å². The van der Waals surface area contributed by atoms with Gasteiger partial charge in [-0.05, 0) is 34.5 Å². The van der Waals surface area contributed by atoms with Crippen LogP contribution in [0.2, 0.25) is 0 Å². The molecule has 0 saturated carbocycles. The van der Waals surface area contributed by atoms with Gasteiger partial charge in [-0.25, -0.2) is 0 Å². The molecule has 6 heteroatoms. The molecular formula is C8H7BrN2O3. The number of benzene rings is 1. The van der Waals surface area contributed by atoms with Crippen molar-refractivity contribution in [3.8, 4) is 0 Å². The number of rotatable bonds is 3. The summed E-state index contributed by atoms with van der Waals surface area (Å²) in [4.78, 5) is 20.2. The number of nitrogens with zero attached hydrogens (tertiary/aromatic N) is 1. The van der Waals surface area contributed by atoms with Crippen molar-refractivity contribution < 1.29 is 9.72 Å². The average molecular weight is 259 g/mol. The molecule has 1 rings (SSSR count). The summed E-state index contributed by atoms with van der Waals surface area (Å²) in [5.41, 5.74) is 1.13. The highest BCUT2D eigenvalue weighted by Gasteiger charge is 2.14. The van der Waals surface area contributed by atoms with Crippen LogP contribution >= 0.6 is 15.9 Å². The number of amides is 1. The third-order valence-corrected chi connectivity index (χ3v) is 2.34. The summed E-state index contributed by atoms with van der Waals surface area (Å²) in [5.74, 6) is 0. The highest BCUT2D eigenvalue weighted by atomic mass is 79.9. The molecule has 1 aromatic rings. The Hall–Kier alpha value is -1.43. The van der Waals surface area contributed by atoms with Gasteiger partial charge in [-0.1, -0.05) is 0 Å². The second kappa shape index (κ2) is 4.19.